The van der Waals surface area contributed by atoms with Crippen LogP contribution in [0.5, 0.6) is 0 Å². The molecule has 0 saturated carbocycles. The first-order valence-corrected chi connectivity index (χ1v) is 10.3. The molecule has 3 aromatic rings. The first-order valence-electron chi connectivity index (χ1n) is 8.14. The van der Waals surface area contributed by atoms with E-state index >= 15 is 0 Å². The predicted molar refractivity (Wildman–Crippen MR) is 105 cm³/mol. The number of nitrogens with zero attached hydrogens (tertiary/aromatic N) is 3. The maximum absolute atomic E-state index is 12.8. The van der Waals surface area contributed by atoms with Gasteiger partial charge in [0, 0.05) is 16.5 Å². The van der Waals surface area contributed by atoms with Crippen LogP contribution in [0.15, 0.2) is 51.2 Å². The van der Waals surface area contributed by atoms with Crippen LogP contribution in [0.25, 0.3) is 10.7 Å². The summed E-state index contributed by atoms with van der Waals surface area (Å²) in [4.78, 5) is 20.8. The van der Waals surface area contributed by atoms with Crippen molar-refractivity contribution >= 4 is 40.6 Å². The van der Waals surface area contributed by atoms with E-state index < -0.39 is 0 Å². The van der Waals surface area contributed by atoms with E-state index in [2.05, 4.69) is 10.1 Å². The highest BCUT2D eigenvalue weighted by atomic mass is 35.5. The minimum atomic E-state index is -0.226. The summed E-state index contributed by atoms with van der Waals surface area (Å²) >= 11 is 8.96. The Labute approximate surface area is 165 Å². The summed E-state index contributed by atoms with van der Waals surface area (Å²) in [6.07, 6.45) is 0. The van der Waals surface area contributed by atoms with Crippen molar-refractivity contribution in [2.45, 2.75) is 30.5 Å². The number of amides is 1. The van der Waals surface area contributed by atoms with Crippen LogP contribution in [0.4, 0.5) is 0 Å². The molecule has 8 heteroatoms. The van der Waals surface area contributed by atoms with Crippen molar-refractivity contribution in [1.82, 2.24) is 15.0 Å². The van der Waals surface area contributed by atoms with Crippen molar-refractivity contribution in [3.8, 4) is 10.7 Å². The molecule has 1 atom stereocenters. The van der Waals surface area contributed by atoms with Crippen molar-refractivity contribution in [2.75, 3.05) is 6.54 Å². The molecule has 0 unspecified atom stereocenters. The molecular formula is C18H18ClN3O2S2. The standard InChI is InChI=1S/C18H18ClN3O2S2/c1-3-22(11-16-20-17(21-24-16)15-5-4-10-25-15)18(23)12(2)26-14-8-6-13(19)7-9-14/h4-10,12H,3,11H2,1-2H3/t12-/m1/s1. The molecule has 2 heterocycles. The minimum Gasteiger partial charge on any atom is -0.337 e. The van der Waals surface area contributed by atoms with Gasteiger partial charge in [-0.2, -0.15) is 4.98 Å². The highest BCUT2D eigenvalue weighted by Crippen LogP contribution is 2.26. The third-order valence-electron chi connectivity index (χ3n) is 3.70. The lowest BCUT2D eigenvalue weighted by atomic mass is 10.3. The van der Waals surface area contributed by atoms with Crippen molar-refractivity contribution in [3.63, 3.8) is 0 Å². The summed E-state index contributed by atoms with van der Waals surface area (Å²) in [5.41, 5.74) is 0. The molecule has 0 aliphatic heterocycles. The SMILES string of the molecule is CCN(Cc1nc(-c2cccs2)no1)C(=O)[C@@H](C)Sc1ccc(Cl)cc1. The lowest BCUT2D eigenvalue weighted by molar-refractivity contribution is -0.131. The Kier molecular flexibility index (Phi) is 6.34. The van der Waals surface area contributed by atoms with Crippen LogP contribution in [0.2, 0.25) is 5.02 Å². The van der Waals surface area contributed by atoms with Crippen LogP contribution in [-0.4, -0.2) is 32.7 Å². The summed E-state index contributed by atoms with van der Waals surface area (Å²) in [5.74, 6) is 1.03. The second-order valence-corrected chi connectivity index (χ2v) is 8.35. The average Bonchev–Trinajstić information content (AvgIpc) is 3.32. The Morgan fingerprint density at radius 2 is 2.12 bits per heavy atom. The number of halogens is 1. The second kappa shape index (κ2) is 8.70. The Bertz CT molecular complexity index is 850. The molecule has 1 aromatic carbocycles. The zero-order valence-electron chi connectivity index (χ0n) is 14.4. The fourth-order valence-corrected chi connectivity index (χ4v) is 4.09. The van der Waals surface area contributed by atoms with Gasteiger partial charge in [0.2, 0.25) is 17.6 Å². The number of aromatic nitrogens is 2. The van der Waals surface area contributed by atoms with Gasteiger partial charge in [0.15, 0.2) is 0 Å². The van der Waals surface area contributed by atoms with Crippen molar-refractivity contribution in [2.24, 2.45) is 0 Å². The van der Waals surface area contributed by atoms with E-state index in [0.29, 0.717) is 29.8 Å². The van der Waals surface area contributed by atoms with Gasteiger partial charge in [-0.1, -0.05) is 22.8 Å². The number of carbonyl (C=O) groups excluding carboxylic acids is 1. The number of hydrogen-bond donors (Lipinski definition) is 0. The van der Waals surface area contributed by atoms with E-state index in [1.807, 2.05) is 55.6 Å². The Hall–Kier alpha value is -1.83. The smallest absolute Gasteiger partial charge is 0.246 e. The molecule has 0 aliphatic rings. The Balaban J connectivity index is 1.64. The molecule has 0 radical (unpaired) electrons. The van der Waals surface area contributed by atoms with Crippen LogP contribution in [0, 0.1) is 0 Å². The van der Waals surface area contributed by atoms with Gasteiger partial charge in [-0.25, -0.2) is 0 Å². The second-order valence-electron chi connectivity index (χ2n) is 5.56. The molecule has 136 valence electrons. The Morgan fingerprint density at radius 1 is 1.35 bits per heavy atom. The maximum atomic E-state index is 12.8. The molecule has 2 aromatic heterocycles. The third-order valence-corrected chi connectivity index (χ3v) is 5.92. The summed E-state index contributed by atoms with van der Waals surface area (Å²) in [5, 5.41) is 6.41. The van der Waals surface area contributed by atoms with Crippen LogP contribution < -0.4 is 0 Å². The lowest BCUT2D eigenvalue weighted by Gasteiger charge is -2.22. The summed E-state index contributed by atoms with van der Waals surface area (Å²) < 4.78 is 5.31. The molecule has 0 N–H and O–H groups in total. The van der Waals surface area contributed by atoms with Crippen LogP contribution in [0.1, 0.15) is 19.7 Å². The summed E-state index contributed by atoms with van der Waals surface area (Å²) in [6, 6.07) is 11.4. The average molecular weight is 408 g/mol. The van der Waals surface area contributed by atoms with Gasteiger partial charge in [-0.3, -0.25) is 4.79 Å². The van der Waals surface area contributed by atoms with Gasteiger partial charge in [0.1, 0.15) is 6.54 Å². The van der Waals surface area contributed by atoms with E-state index in [1.54, 1.807) is 16.2 Å². The minimum absolute atomic E-state index is 0.0309. The zero-order chi connectivity index (χ0) is 18.5. The van der Waals surface area contributed by atoms with Gasteiger partial charge >= 0.3 is 0 Å². The quantitative estimate of drug-likeness (QED) is 0.517. The van der Waals surface area contributed by atoms with Gasteiger partial charge in [-0.05, 0) is 49.6 Å². The molecule has 0 aliphatic carbocycles. The molecular weight excluding hydrogens is 390 g/mol. The molecule has 26 heavy (non-hydrogen) atoms. The third kappa shape index (κ3) is 4.66. The van der Waals surface area contributed by atoms with Crippen molar-refractivity contribution in [3.05, 3.63) is 52.7 Å². The fourth-order valence-electron chi connectivity index (χ4n) is 2.36. The van der Waals surface area contributed by atoms with E-state index in [1.165, 1.54) is 11.8 Å². The highest BCUT2D eigenvalue weighted by Gasteiger charge is 2.23. The molecule has 0 spiro atoms. The van der Waals surface area contributed by atoms with Gasteiger partial charge in [-0.15, -0.1) is 23.1 Å². The topological polar surface area (TPSA) is 59.2 Å². The molecule has 0 saturated heterocycles. The van der Waals surface area contributed by atoms with E-state index in [-0.39, 0.29) is 11.2 Å². The van der Waals surface area contributed by atoms with E-state index in [0.717, 1.165) is 9.77 Å². The van der Waals surface area contributed by atoms with Crippen molar-refractivity contribution < 1.29 is 9.32 Å². The van der Waals surface area contributed by atoms with Gasteiger partial charge < -0.3 is 9.42 Å². The Morgan fingerprint density at radius 3 is 2.77 bits per heavy atom. The molecule has 5 nitrogen and oxygen atoms in total. The number of rotatable bonds is 7. The number of thiophene rings is 1. The fraction of sp³-hybridized carbons (Fsp3) is 0.278. The molecule has 0 bridgehead atoms. The normalized spacial score (nSPS) is 12.1. The summed E-state index contributed by atoms with van der Waals surface area (Å²) in [7, 11) is 0. The number of benzene rings is 1. The molecule has 0 fully saturated rings. The van der Waals surface area contributed by atoms with Crippen LogP contribution in [-0.2, 0) is 11.3 Å². The number of carbonyl (C=O) groups is 1. The predicted octanol–water partition coefficient (Wildman–Crippen LogP) is 4.98. The van der Waals surface area contributed by atoms with E-state index in [4.69, 9.17) is 16.1 Å². The van der Waals surface area contributed by atoms with Gasteiger partial charge in [0.25, 0.3) is 0 Å². The number of hydrogen-bond acceptors (Lipinski definition) is 6. The first kappa shape index (κ1) is 18.9. The van der Waals surface area contributed by atoms with Gasteiger partial charge in [0.05, 0.1) is 10.1 Å². The molecule has 1 amide bonds. The monoisotopic (exact) mass is 407 g/mol. The van der Waals surface area contributed by atoms with Crippen LogP contribution >= 0.6 is 34.7 Å². The lowest BCUT2D eigenvalue weighted by Crippen LogP contribution is -2.36. The van der Waals surface area contributed by atoms with Crippen molar-refractivity contribution in [1.29, 1.82) is 0 Å². The summed E-state index contributed by atoms with van der Waals surface area (Å²) in [6.45, 7) is 4.71. The molecule has 3 rings (SSSR count). The largest absolute Gasteiger partial charge is 0.337 e. The van der Waals surface area contributed by atoms with E-state index in [9.17, 15) is 4.79 Å². The zero-order valence-corrected chi connectivity index (χ0v) is 16.8. The maximum Gasteiger partial charge on any atom is 0.246 e. The first-order chi connectivity index (χ1) is 12.6. The van der Waals surface area contributed by atoms with Crippen LogP contribution in [0.3, 0.4) is 0 Å². The number of thioether (sulfide) groups is 1. The highest BCUT2D eigenvalue weighted by molar-refractivity contribution is 8.00.